The Labute approximate surface area is 154 Å². The number of rotatable bonds is 3. The maximum Gasteiger partial charge on any atom is 0.132 e. The van der Waals surface area contributed by atoms with Crippen LogP contribution in [0.5, 0.6) is 0 Å². The van der Waals surface area contributed by atoms with Crippen LogP contribution in [0.3, 0.4) is 0 Å². The summed E-state index contributed by atoms with van der Waals surface area (Å²) >= 11 is 0. The highest BCUT2D eigenvalue weighted by atomic mass is 15.2. The molecule has 26 heavy (non-hydrogen) atoms. The minimum absolute atomic E-state index is 0.474. The van der Waals surface area contributed by atoms with Crippen LogP contribution in [0.1, 0.15) is 29.9 Å². The normalized spacial score (nSPS) is 15.4. The first-order valence-electron chi connectivity index (χ1n) is 9.28. The second kappa shape index (κ2) is 6.90. The number of aromatic nitrogens is 3. The number of nitrogens with one attached hydrogen (secondary N) is 1. The number of benzene rings is 1. The molecule has 0 atom stereocenters. The van der Waals surface area contributed by atoms with Crippen LogP contribution in [-0.2, 0) is 0 Å². The lowest BCUT2D eigenvalue weighted by Crippen LogP contribution is -2.39. The Morgan fingerprint density at radius 1 is 1.04 bits per heavy atom. The molecule has 2 aromatic heterocycles. The number of para-hydroxylation sites is 1. The number of hydrogen-bond acceptors (Lipinski definition) is 5. The third-order valence-electron chi connectivity index (χ3n) is 5.10. The van der Waals surface area contributed by atoms with E-state index in [4.69, 9.17) is 0 Å². The molecule has 3 heterocycles. The van der Waals surface area contributed by atoms with Crippen LogP contribution in [0.2, 0.25) is 0 Å². The van der Waals surface area contributed by atoms with Gasteiger partial charge in [0, 0.05) is 48.2 Å². The first kappa shape index (κ1) is 16.8. The SMILES string of the molecule is Cc1cc(N2CCC(Nc3ccnc4c(C)cccc34)CC2)nc(C)n1. The first-order chi connectivity index (χ1) is 12.6. The third-order valence-corrected chi connectivity index (χ3v) is 5.10. The number of aryl methyl sites for hydroxylation is 3. The van der Waals surface area contributed by atoms with E-state index < -0.39 is 0 Å². The van der Waals surface area contributed by atoms with Crippen LogP contribution in [0, 0.1) is 20.8 Å². The van der Waals surface area contributed by atoms with Gasteiger partial charge in [0.15, 0.2) is 0 Å². The average molecular weight is 347 g/mol. The molecule has 0 bridgehead atoms. The Bertz CT molecular complexity index is 909. The summed E-state index contributed by atoms with van der Waals surface area (Å²) in [4.78, 5) is 15.9. The van der Waals surface area contributed by atoms with Gasteiger partial charge in [-0.3, -0.25) is 4.98 Å². The van der Waals surface area contributed by atoms with E-state index in [2.05, 4.69) is 62.4 Å². The molecule has 0 saturated carbocycles. The first-order valence-corrected chi connectivity index (χ1v) is 9.28. The largest absolute Gasteiger partial charge is 0.382 e. The van der Waals surface area contributed by atoms with E-state index in [0.29, 0.717) is 6.04 Å². The van der Waals surface area contributed by atoms with Crippen molar-refractivity contribution >= 4 is 22.4 Å². The van der Waals surface area contributed by atoms with E-state index in [-0.39, 0.29) is 0 Å². The Kier molecular flexibility index (Phi) is 4.45. The summed E-state index contributed by atoms with van der Waals surface area (Å²) in [5.41, 5.74) is 4.52. The zero-order valence-corrected chi connectivity index (χ0v) is 15.7. The smallest absolute Gasteiger partial charge is 0.132 e. The molecular weight excluding hydrogens is 322 g/mol. The van der Waals surface area contributed by atoms with Crippen molar-refractivity contribution in [3.05, 3.63) is 53.6 Å². The minimum atomic E-state index is 0.474. The molecule has 5 heteroatoms. The molecule has 1 saturated heterocycles. The number of hydrogen-bond donors (Lipinski definition) is 1. The average Bonchev–Trinajstić information content (AvgIpc) is 2.62. The summed E-state index contributed by atoms with van der Waals surface area (Å²) in [5, 5.41) is 4.95. The molecule has 3 aromatic rings. The Balaban J connectivity index is 1.47. The quantitative estimate of drug-likeness (QED) is 0.775. The van der Waals surface area contributed by atoms with Gasteiger partial charge in [0.2, 0.25) is 0 Å². The van der Waals surface area contributed by atoms with Crippen molar-refractivity contribution in [2.24, 2.45) is 0 Å². The second-order valence-electron chi connectivity index (χ2n) is 7.15. The number of pyridine rings is 1. The Morgan fingerprint density at radius 3 is 2.62 bits per heavy atom. The van der Waals surface area contributed by atoms with Gasteiger partial charge in [-0.2, -0.15) is 0 Å². The van der Waals surface area contributed by atoms with E-state index in [1.807, 2.05) is 20.0 Å². The van der Waals surface area contributed by atoms with Gasteiger partial charge in [-0.25, -0.2) is 9.97 Å². The highest BCUT2D eigenvalue weighted by Crippen LogP contribution is 2.27. The van der Waals surface area contributed by atoms with Crippen LogP contribution in [-0.4, -0.2) is 34.1 Å². The zero-order valence-electron chi connectivity index (χ0n) is 15.7. The van der Waals surface area contributed by atoms with Crippen molar-refractivity contribution < 1.29 is 0 Å². The number of piperidine rings is 1. The second-order valence-corrected chi connectivity index (χ2v) is 7.15. The van der Waals surface area contributed by atoms with Crippen molar-refractivity contribution in [3.63, 3.8) is 0 Å². The summed E-state index contributed by atoms with van der Waals surface area (Å²) in [5.74, 6) is 1.90. The zero-order chi connectivity index (χ0) is 18.1. The van der Waals surface area contributed by atoms with E-state index in [1.54, 1.807) is 0 Å². The van der Waals surface area contributed by atoms with Crippen molar-refractivity contribution in [3.8, 4) is 0 Å². The van der Waals surface area contributed by atoms with E-state index in [9.17, 15) is 0 Å². The molecule has 1 aliphatic rings. The van der Waals surface area contributed by atoms with Gasteiger partial charge in [0.25, 0.3) is 0 Å². The highest BCUT2D eigenvalue weighted by Gasteiger charge is 2.21. The van der Waals surface area contributed by atoms with Crippen LogP contribution in [0.25, 0.3) is 10.9 Å². The van der Waals surface area contributed by atoms with Crippen molar-refractivity contribution in [2.75, 3.05) is 23.3 Å². The van der Waals surface area contributed by atoms with Gasteiger partial charge in [0.05, 0.1) is 5.52 Å². The molecule has 0 aliphatic carbocycles. The summed E-state index contributed by atoms with van der Waals surface area (Å²) in [6.45, 7) is 8.12. The molecule has 0 unspecified atom stereocenters. The minimum Gasteiger partial charge on any atom is -0.382 e. The molecular formula is C21H25N5. The predicted molar refractivity (Wildman–Crippen MR) is 107 cm³/mol. The fourth-order valence-electron chi connectivity index (χ4n) is 3.78. The summed E-state index contributed by atoms with van der Waals surface area (Å²) < 4.78 is 0. The van der Waals surface area contributed by atoms with Crippen LogP contribution >= 0.6 is 0 Å². The van der Waals surface area contributed by atoms with E-state index >= 15 is 0 Å². The Morgan fingerprint density at radius 2 is 1.85 bits per heavy atom. The van der Waals surface area contributed by atoms with Gasteiger partial charge in [-0.05, 0) is 45.2 Å². The molecule has 0 amide bonds. The molecule has 1 aliphatic heterocycles. The van der Waals surface area contributed by atoms with Crippen molar-refractivity contribution in [1.82, 2.24) is 15.0 Å². The highest BCUT2D eigenvalue weighted by molar-refractivity contribution is 5.92. The van der Waals surface area contributed by atoms with Crippen LogP contribution < -0.4 is 10.2 Å². The van der Waals surface area contributed by atoms with E-state index in [0.717, 1.165) is 48.8 Å². The molecule has 1 N–H and O–H groups in total. The lowest BCUT2D eigenvalue weighted by molar-refractivity contribution is 0.523. The maximum absolute atomic E-state index is 4.60. The van der Waals surface area contributed by atoms with Crippen LogP contribution in [0.4, 0.5) is 11.5 Å². The van der Waals surface area contributed by atoms with Crippen molar-refractivity contribution in [2.45, 2.75) is 39.7 Å². The van der Waals surface area contributed by atoms with E-state index in [1.165, 1.54) is 16.6 Å². The van der Waals surface area contributed by atoms with Crippen LogP contribution in [0.15, 0.2) is 36.5 Å². The molecule has 1 aromatic carbocycles. The lowest BCUT2D eigenvalue weighted by Gasteiger charge is -2.34. The molecule has 1 fully saturated rings. The fourth-order valence-corrected chi connectivity index (χ4v) is 3.78. The fraction of sp³-hybridized carbons (Fsp3) is 0.381. The van der Waals surface area contributed by atoms with Gasteiger partial charge < -0.3 is 10.2 Å². The Hall–Kier alpha value is -2.69. The molecule has 0 radical (unpaired) electrons. The molecule has 5 nitrogen and oxygen atoms in total. The predicted octanol–water partition coefficient (Wildman–Crippen LogP) is 4.03. The van der Waals surface area contributed by atoms with Gasteiger partial charge in [0.1, 0.15) is 11.6 Å². The molecule has 134 valence electrons. The monoisotopic (exact) mass is 347 g/mol. The topological polar surface area (TPSA) is 53.9 Å². The van der Waals surface area contributed by atoms with Gasteiger partial charge >= 0.3 is 0 Å². The standard InChI is InChI=1S/C21H25N5/c1-14-5-4-6-18-19(7-10-22-21(14)18)25-17-8-11-26(12-9-17)20-13-15(2)23-16(3)24-20/h4-7,10,13,17H,8-9,11-12H2,1-3H3,(H,22,25). The summed E-state index contributed by atoms with van der Waals surface area (Å²) in [6, 6.07) is 11.0. The third kappa shape index (κ3) is 3.34. The summed E-state index contributed by atoms with van der Waals surface area (Å²) in [7, 11) is 0. The number of anilines is 2. The molecule has 0 spiro atoms. The van der Waals surface area contributed by atoms with Gasteiger partial charge in [-0.15, -0.1) is 0 Å². The number of fused-ring (bicyclic) bond motifs is 1. The number of nitrogens with zero attached hydrogens (tertiary/aromatic N) is 4. The maximum atomic E-state index is 4.60. The lowest BCUT2D eigenvalue weighted by atomic mass is 10.0. The summed E-state index contributed by atoms with van der Waals surface area (Å²) in [6.07, 6.45) is 4.09. The molecule has 4 rings (SSSR count). The van der Waals surface area contributed by atoms with Crippen molar-refractivity contribution in [1.29, 1.82) is 0 Å². The van der Waals surface area contributed by atoms with Gasteiger partial charge in [-0.1, -0.05) is 18.2 Å².